The maximum absolute atomic E-state index is 12.4. The quantitative estimate of drug-likeness (QED) is 0.919. The van der Waals surface area contributed by atoms with E-state index in [2.05, 4.69) is 20.3 Å². The average molecular weight is 343 g/mol. The Kier molecular flexibility index (Phi) is 4.30. The number of rotatable bonds is 3. The van der Waals surface area contributed by atoms with Gasteiger partial charge in [0.05, 0.1) is 17.8 Å². The van der Waals surface area contributed by atoms with Gasteiger partial charge in [-0.05, 0) is 40.0 Å². The van der Waals surface area contributed by atoms with Crippen LogP contribution in [-0.4, -0.2) is 45.3 Å². The molecule has 25 heavy (non-hydrogen) atoms. The van der Waals surface area contributed by atoms with E-state index in [9.17, 15) is 9.59 Å². The van der Waals surface area contributed by atoms with Crippen LogP contribution in [0.5, 0.6) is 0 Å². The van der Waals surface area contributed by atoms with Crippen molar-refractivity contribution in [1.29, 1.82) is 0 Å². The highest BCUT2D eigenvalue weighted by molar-refractivity contribution is 6.02. The van der Waals surface area contributed by atoms with Crippen molar-refractivity contribution < 1.29 is 14.3 Å². The normalized spacial score (nSPS) is 15.7. The molecule has 0 unspecified atom stereocenters. The van der Waals surface area contributed by atoms with E-state index >= 15 is 0 Å². The Morgan fingerprint density at radius 3 is 2.76 bits per heavy atom. The molecule has 3 rings (SSSR count). The summed E-state index contributed by atoms with van der Waals surface area (Å²) in [5.74, 6) is -0.0135. The van der Waals surface area contributed by atoms with Crippen LogP contribution in [0.1, 0.15) is 42.5 Å². The molecule has 8 heteroatoms. The molecule has 1 aliphatic heterocycles. The Balaban J connectivity index is 2.00. The summed E-state index contributed by atoms with van der Waals surface area (Å²) in [6.45, 7) is 6.56. The Labute approximate surface area is 145 Å². The lowest BCUT2D eigenvalue weighted by Gasteiger charge is -2.28. The minimum absolute atomic E-state index is 0.249. The molecule has 0 aliphatic carbocycles. The molecule has 1 N–H and O–H groups in total. The van der Waals surface area contributed by atoms with E-state index in [1.807, 2.05) is 20.9 Å². The summed E-state index contributed by atoms with van der Waals surface area (Å²) < 4.78 is 6.35. The lowest BCUT2D eigenvalue weighted by atomic mass is 10.0. The summed E-state index contributed by atoms with van der Waals surface area (Å²) in [5.41, 5.74) is 1.41. The van der Waals surface area contributed by atoms with Crippen LogP contribution < -0.4 is 5.32 Å². The number of nitrogens with one attached hydrogen (secondary N) is 1. The molecule has 0 atom stereocenters. The molecule has 0 fully saturated rings. The summed E-state index contributed by atoms with van der Waals surface area (Å²) >= 11 is 0. The molecule has 0 aromatic carbocycles. The SMILES string of the molecule is CCOC(=O)n1nc(NC(=O)c2ccccn2)c2c1C(C)(C)N(C)C2. The van der Waals surface area contributed by atoms with Gasteiger partial charge in [-0.1, -0.05) is 6.07 Å². The number of anilines is 1. The molecule has 0 spiro atoms. The number of pyridine rings is 1. The van der Waals surface area contributed by atoms with Crippen molar-refractivity contribution in [2.45, 2.75) is 32.9 Å². The van der Waals surface area contributed by atoms with Crippen molar-refractivity contribution in [3.63, 3.8) is 0 Å². The van der Waals surface area contributed by atoms with Gasteiger partial charge in [0, 0.05) is 18.3 Å². The fourth-order valence-corrected chi connectivity index (χ4v) is 2.93. The number of carbonyl (C=O) groups is 2. The lowest BCUT2D eigenvalue weighted by Crippen LogP contribution is -2.35. The molecule has 2 aromatic heterocycles. The molecular formula is C17H21N5O3. The fraction of sp³-hybridized carbons (Fsp3) is 0.412. The number of fused-ring (bicyclic) bond motifs is 1. The third-order valence-corrected chi connectivity index (χ3v) is 4.48. The number of hydrogen-bond acceptors (Lipinski definition) is 6. The maximum atomic E-state index is 12.4. The van der Waals surface area contributed by atoms with Gasteiger partial charge < -0.3 is 10.1 Å². The monoisotopic (exact) mass is 343 g/mol. The van der Waals surface area contributed by atoms with Gasteiger partial charge in [0.2, 0.25) is 0 Å². The van der Waals surface area contributed by atoms with E-state index in [0.29, 0.717) is 12.4 Å². The van der Waals surface area contributed by atoms with E-state index in [1.165, 1.54) is 4.68 Å². The summed E-state index contributed by atoms with van der Waals surface area (Å²) in [6, 6.07) is 5.09. The summed E-state index contributed by atoms with van der Waals surface area (Å²) in [6.07, 6.45) is 0.994. The van der Waals surface area contributed by atoms with Crippen LogP contribution in [0.4, 0.5) is 10.6 Å². The van der Waals surface area contributed by atoms with Gasteiger partial charge in [-0.2, -0.15) is 4.68 Å². The highest BCUT2D eigenvalue weighted by Gasteiger charge is 2.43. The Bertz CT molecular complexity index is 813. The van der Waals surface area contributed by atoms with Crippen molar-refractivity contribution in [3.05, 3.63) is 41.3 Å². The first-order chi connectivity index (χ1) is 11.9. The van der Waals surface area contributed by atoms with E-state index in [1.54, 1.807) is 31.3 Å². The third-order valence-electron chi connectivity index (χ3n) is 4.48. The van der Waals surface area contributed by atoms with Crippen molar-refractivity contribution >= 4 is 17.8 Å². The van der Waals surface area contributed by atoms with Crippen LogP contribution in [0.25, 0.3) is 0 Å². The first kappa shape index (κ1) is 17.1. The van der Waals surface area contributed by atoms with Crippen LogP contribution in [-0.2, 0) is 16.8 Å². The molecule has 1 amide bonds. The molecule has 3 heterocycles. The Morgan fingerprint density at radius 2 is 2.12 bits per heavy atom. The van der Waals surface area contributed by atoms with Gasteiger partial charge in [-0.15, -0.1) is 5.10 Å². The Hall–Kier alpha value is -2.74. The molecule has 2 aromatic rings. The molecule has 132 valence electrons. The fourth-order valence-electron chi connectivity index (χ4n) is 2.93. The molecule has 0 saturated heterocycles. The van der Waals surface area contributed by atoms with Gasteiger partial charge in [0.1, 0.15) is 5.69 Å². The van der Waals surface area contributed by atoms with Crippen LogP contribution >= 0.6 is 0 Å². The van der Waals surface area contributed by atoms with Crippen LogP contribution in [0.15, 0.2) is 24.4 Å². The number of amides is 1. The zero-order valence-corrected chi connectivity index (χ0v) is 14.7. The lowest BCUT2D eigenvalue weighted by molar-refractivity contribution is 0.102. The second-order valence-electron chi connectivity index (χ2n) is 6.37. The standard InChI is InChI=1S/C17H21N5O3/c1-5-25-16(24)22-13-11(10-21(4)17(13,2)3)14(20-22)19-15(23)12-8-6-7-9-18-12/h6-9H,5,10H2,1-4H3,(H,19,20,23). The van der Waals surface area contributed by atoms with E-state index < -0.39 is 11.6 Å². The zero-order chi connectivity index (χ0) is 18.2. The molecule has 1 aliphatic rings. The van der Waals surface area contributed by atoms with Crippen LogP contribution in [0, 0.1) is 0 Å². The predicted molar refractivity (Wildman–Crippen MR) is 91.3 cm³/mol. The topological polar surface area (TPSA) is 89.3 Å². The van der Waals surface area contributed by atoms with Crippen LogP contribution in [0.3, 0.4) is 0 Å². The summed E-state index contributed by atoms with van der Waals surface area (Å²) in [4.78, 5) is 30.8. The van der Waals surface area contributed by atoms with Gasteiger partial charge in [0.15, 0.2) is 5.82 Å². The molecule has 0 radical (unpaired) electrons. The number of hydrogen-bond donors (Lipinski definition) is 1. The highest BCUT2D eigenvalue weighted by atomic mass is 16.6. The van der Waals surface area contributed by atoms with Gasteiger partial charge >= 0.3 is 6.09 Å². The van der Waals surface area contributed by atoms with E-state index in [4.69, 9.17) is 4.74 Å². The minimum Gasteiger partial charge on any atom is -0.448 e. The van der Waals surface area contributed by atoms with E-state index in [-0.39, 0.29) is 18.2 Å². The number of aromatic nitrogens is 3. The first-order valence-corrected chi connectivity index (χ1v) is 8.09. The number of ether oxygens (including phenoxy) is 1. The number of carbonyl (C=O) groups excluding carboxylic acids is 2. The van der Waals surface area contributed by atoms with Crippen molar-refractivity contribution in [2.24, 2.45) is 0 Å². The van der Waals surface area contributed by atoms with Gasteiger partial charge in [0.25, 0.3) is 5.91 Å². The second kappa shape index (κ2) is 6.29. The van der Waals surface area contributed by atoms with Crippen molar-refractivity contribution in [1.82, 2.24) is 19.7 Å². The summed E-state index contributed by atoms with van der Waals surface area (Å²) in [5, 5.41) is 7.07. The maximum Gasteiger partial charge on any atom is 0.435 e. The van der Waals surface area contributed by atoms with Crippen LogP contribution in [0.2, 0.25) is 0 Å². The van der Waals surface area contributed by atoms with Crippen molar-refractivity contribution in [2.75, 3.05) is 19.0 Å². The second-order valence-corrected chi connectivity index (χ2v) is 6.37. The highest BCUT2D eigenvalue weighted by Crippen LogP contribution is 2.41. The number of nitrogens with zero attached hydrogens (tertiary/aromatic N) is 4. The van der Waals surface area contributed by atoms with E-state index in [0.717, 1.165) is 11.3 Å². The first-order valence-electron chi connectivity index (χ1n) is 8.09. The Morgan fingerprint density at radius 1 is 1.36 bits per heavy atom. The predicted octanol–water partition coefficient (Wildman–Crippen LogP) is 2.22. The van der Waals surface area contributed by atoms with Gasteiger partial charge in [-0.3, -0.25) is 14.7 Å². The molecular weight excluding hydrogens is 322 g/mol. The van der Waals surface area contributed by atoms with Gasteiger partial charge in [-0.25, -0.2) is 4.79 Å². The molecule has 8 nitrogen and oxygen atoms in total. The molecule has 0 saturated carbocycles. The largest absolute Gasteiger partial charge is 0.448 e. The molecule has 0 bridgehead atoms. The zero-order valence-electron chi connectivity index (χ0n) is 14.7. The smallest absolute Gasteiger partial charge is 0.435 e. The minimum atomic E-state index is -0.555. The van der Waals surface area contributed by atoms with Crippen molar-refractivity contribution in [3.8, 4) is 0 Å². The average Bonchev–Trinajstić information content (AvgIpc) is 3.05. The summed E-state index contributed by atoms with van der Waals surface area (Å²) in [7, 11) is 1.96. The third kappa shape index (κ3) is 2.89.